The van der Waals surface area contributed by atoms with Gasteiger partial charge in [-0.15, -0.1) is 0 Å². The lowest BCUT2D eigenvalue weighted by Gasteiger charge is -2.33. The highest BCUT2D eigenvalue weighted by Crippen LogP contribution is 2.20. The van der Waals surface area contributed by atoms with Crippen molar-refractivity contribution < 1.29 is 14.1 Å². The van der Waals surface area contributed by atoms with Crippen molar-refractivity contribution in [3.8, 4) is 11.4 Å². The number of likely N-dealkylation sites (tertiary alicyclic amines) is 1. The SMILES string of the molecule is CCCC(=O)NC[C@H]1CCCN(C(=O)CCc2nc(-c3ccsc3)no2)C1. The highest BCUT2D eigenvalue weighted by Gasteiger charge is 2.24. The van der Waals surface area contributed by atoms with Crippen molar-refractivity contribution in [2.24, 2.45) is 5.92 Å². The number of hydrogen-bond acceptors (Lipinski definition) is 6. The third kappa shape index (κ3) is 5.63. The zero-order valence-corrected chi connectivity index (χ0v) is 16.5. The first-order chi connectivity index (χ1) is 13.2. The van der Waals surface area contributed by atoms with Crippen LogP contribution in [0.2, 0.25) is 0 Å². The summed E-state index contributed by atoms with van der Waals surface area (Å²) in [4.78, 5) is 30.4. The average Bonchev–Trinajstić information content (AvgIpc) is 3.36. The molecule has 1 atom stereocenters. The van der Waals surface area contributed by atoms with E-state index < -0.39 is 0 Å². The van der Waals surface area contributed by atoms with Crippen molar-refractivity contribution in [3.05, 3.63) is 22.7 Å². The molecule has 146 valence electrons. The van der Waals surface area contributed by atoms with E-state index in [-0.39, 0.29) is 11.8 Å². The monoisotopic (exact) mass is 390 g/mol. The molecule has 1 N–H and O–H groups in total. The van der Waals surface area contributed by atoms with E-state index in [9.17, 15) is 9.59 Å². The average molecular weight is 391 g/mol. The number of aryl methyl sites for hydroxylation is 1. The van der Waals surface area contributed by atoms with Gasteiger partial charge in [-0.2, -0.15) is 16.3 Å². The second kappa shape index (κ2) is 9.64. The van der Waals surface area contributed by atoms with Gasteiger partial charge in [0.2, 0.25) is 23.5 Å². The lowest BCUT2D eigenvalue weighted by Crippen LogP contribution is -2.43. The third-order valence-corrected chi connectivity index (χ3v) is 5.42. The number of thiophene rings is 1. The summed E-state index contributed by atoms with van der Waals surface area (Å²) >= 11 is 1.58. The fourth-order valence-corrected chi connectivity index (χ4v) is 3.90. The van der Waals surface area contributed by atoms with Gasteiger partial charge in [-0.3, -0.25) is 9.59 Å². The van der Waals surface area contributed by atoms with Gasteiger partial charge in [-0.1, -0.05) is 12.1 Å². The first-order valence-electron chi connectivity index (χ1n) is 9.55. The zero-order valence-electron chi connectivity index (χ0n) is 15.6. The van der Waals surface area contributed by atoms with E-state index in [0.29, 0.717) is 50.0 Å². The summed E-state index contributed by atoms with van der Waals surface area (Å²) in [5.41, 5.74) is 0.935. The van der Waals surface area contributed by atoms with E-state index in [1.807, 2.05) is 28.7 Å². The molecule has 2 aromatic rings. The largest absolute Gasteiger partial charge is 0.356 e. The van der Waals surface area contributed by atoms with Gasteiger partial charge in [0, 0.05) is 49.8 Å². The lowest BCUT2D eigenvalue weighted by atomic mass is 9.97. The maximum absolute atomic E-state index is 12.5. The molecule has 2 amide bonds. The minimum Gasteiger partial charge on any atom is -0.356 e. The Morgan fingerprint density at radius 1 is 1.41 bits per heavy atom. The first kappa shape index (κ1) is 19.5. The second-order valence-electron chi connectivity index (χ2n) is 6.93. The number of rotatable bonds is 8. The molecule has 1 aliphatic heterocycles. The van der Waals surface area contributed by atoms with Crippen molar-refractivity contribution in [1.29, 1.82) is 0 Å². The van der Waals surface area contributed by atoms with Crippen LogP contribution in [0.4, 0.5) is 0 Å². The number of piperidine rings is 1. The summed E-state index contributed by atoms with van der Waals surface area (Å²) in [6, 6.07) is 1.94. The van der Waals surface area contributed by atoms with Crippen LogP contribution >= 0.6 is 11.3 Å². The molecule has 0 spiro atoms. The molecule has 8 heteroatoms. The van der Waals surface area contributed by atoms with Crippen LogP contribution in [0.1, 0.15) is 44.9 Å². The minimum absolute atomic E-state index is 0.0961. The van der Waals surface area contributed by atoms with Gasteiger partial charge >= 0.3 is 0 Å². The molecule has 0 aliphatic carbocycles. The van der Waals surface area contributed by atoms with E-state index in [0.717, 1.165) is 31.4 Å². The summed E-state index contributed by atoms with van der Waals surface area (Å²) in [5, 5.41) is 10.9. The maximum atomic E-state index is 12.5. The van der Waals surface area contributed by atoms with E-state index in [1.54, 1.807) is 11.3 Å². The molecule has 3 heterocycles. The summed E-state index contributed by atoms with van der Waals surface area (Å²) in [5.74, 6) is 1.59. The predicted octanol–water partition coefficient (Wildman–Crippen LogP) is 2.89. The van der Waals surface area contributed by atoms with E-state index >= 15 is 0 Å². The van der Waals surface area contributed by atoms with Crippen LogP contribution < -0.4 is 5.32 Å². The van der Waals surface area contributed by atoms with Crippen LogP contribution in [-0.4, -0.2) is 46.5 Å². The Morgan fingerprint density at radius 3 is 3.07 bits per heavy atom. The summed E-state index contributed by atoms with van der Waals surface area (Å²) in [7, 11) is 0. The molecule has 0 saturated carbocycles. The van der Waals surface area contributed by atoms with Gasteiger partial charge in [-0.25, -0.2) is 0 Å². The topological polar surface area (TPSA) is 88.3 Å². The number of carbonyl (C=O) groups is 2. The number of amides is 2. The van der Waals surface area contributed by atoms with Crippen LogP contribution in [0.5, 0.6) is 0 Å². The third-order valence-electron chi connectivity index (χ3n) is 4.74. The van der Waals surface area contributed by atoms with Gasteiger partial charge in [0.1, 0.15) is 0 Å². The van der Waals surface area contributed by atoms with Gasteiger partial charge in [0.15, 0.2) is 0 Å². The Hall–Kier alpha value is -2.22. The van der Waals surface area contributed by atoms with Gasteiger partial charge < -0.3 is 14.7 Å². The Labute approximate surface area is 163 Å². The molecule has 0 aromatic carbocycles. The van der Waals surface area contributed by atoms with Crippen molar-refractivity contribution in [3.63, 3.8) is 0 Å². The molecule has 0 bridgehead atoms. The van der Waals surface area contributed by atoms with Crippen LogP contribution in [0.15, 0.2) is 21.3 Å². The zero-order chi connectivity index (χ0) is 19.1. The molecule has 0 radical (unpaired) electrons. The van der Waals surface area contributed by atoms with Crippen molar-refractivity contribution in [2.45, 2.75) is 45.4 Å². The normalized spacial score (nSPS) is 17.1. The molecule has 3 rings (SSSR count). The van der Waals surface area contributed by atoms with Crippen LogP contribution in [-0.2, 0) is 16.0 Å². The number of nitrogens with zero attached hydrogens (tertiary/aromatic N) is 3. The summed E-state index contributed by atoms with van der Waals surface area (Å²) in [6.07, 6.45) is 4.25. The molecular weight excluding hydrogens is 364 g/mol. The smallest absolute Gasteiger partial charge is 0.227 e. The summed E-state index contributed by atoms with van der Waals surface area (Å²) < 4.78 is 5.26. The predicted molar refractivity (Wildman–Crippen MR) is 103 cm³/mol. The van der Waals surface area contributed by atoms with E-state index in [4.69, 9.17) is 4.52 Å². The molecule has 1 saturated heterocycles. The van der Waals surface area contributed by atoms with Crippen LogP contribution in [0.3, 0.4) is 0 Å². The van der Waals surface area contributed by atoms with Crippen molar-refractivity contribution >= 4 is 23.2 Å². The van der Waals surface area contributed by atoms with Gasteiger partial charge in [0.25, 0.3) is 0 Å². The molecule has 7 nitrogen and oxygen atoms in total. The molecule has 0 unspecified atom stereocenters. The fraction of sp³-hybridized carbons (Fsp3) is 0.579. The van der Waals surface area contributed by atoms with E-state index in [1.165, 1.54) is 0 Å². The molecule has 27 heavy (non-hydrogen) atoms. The fourth-order valence-electron chi connectivity index (χ4n) is 3.27. The number of aromatic nitrogens is 2. The minimum atomic E-state index is 0.0961. The van der Waals surface area contributed by atoms with Crippen molar-refractivity contribution in [2.75, 3.05) is 19.6 Å². The molecule has 2 aromatic heterocycles. The quantitative estimate of drug-likeness (QED) is 0.749. The van der Waals surface area contributed by atoms with Gasteiger partial charge in [-0.05, 0) is 36.6 Å². The maximum Gasteiger partial charge on any atom is 0.227 e. The summed E-state index contributed by atoms with van der Waals surface area (Å²) in [6.45, 7) is 4.13. The van der Waals surface area contributed by atoms with Crippen molar-refractivity contribution in [1.82, 2.24) is 20.4 Å². The Morgan fingerprint density at radius 2 is 2.30 bits per heavy atom. The van der Waals surface area contributed by atoms with Crippen LogP contribution in [0, 0.1) is 5.92 Å². The van der Waals surface area contributed by atoms with Gasteiger partial charge in [0.05, 0.1) is 0 Å². The number of carbonyl (C=O) groups excluding carboxylic acids is 2. The lowest BCUT2D eigenvalue weighted by molar-refractivity contribution is -0.133. The Bertz CT molecular complexity index is 744. The Balaban J connectivity index is 1.44. The highest BCUT2D eigenvalue weighted by atomic mass is 32.1. The first-order valence-corrected chi connectivity index (χ1v) is 10.5. The molecule has 1 aliphatic rings. The number of nitrogens with one attached hydrogen (secondary N) is 1. The van der Waals surface area contributed by atoms with E-state index in [2.05, 4.69) is 15.5 Å². The van der Waals surface area contributed by atoms with Crippen LogP contribution in [0.25, 0.3) is 11.4 Å². The molecular formula is C19H26N4O3S. The second-order valence-corrected chi connectivity index (χ2v) is 7.71. The highest BCUT2D eigenvalue weighted by molar-refractivity contribution is 7.08. The standard InChI is InChI=1S/C19H26N4O3S/c1-2-4-16(24)20-11-14-5-3-9-23(12-14)18(25)7-6-17-21-19(22-26-17)15-8-10-27-13-15/h8,10,13-14H,2-7,9,11-12H2,1H3,(H,20,24)/t14-/m1/s1. The number of hydrogen-bond donors (Lipinski definition) is 1. The Kier molecular flexibility index (Phi) is 6.98. The molecule has 1 fully saturated rings.